The summed E-state index contributed by atoms with van der Waals surface area (Å²) in [6, 6.07) is 9.68. The summed E-state index contributed by atoms with van der Waals surface area (Å²) in [7, 11) is 0. The number of hydrogen-bond acceptors (Lipinski definition) is 3. The van der Waals surface area contributed by atoms with Crippen LogP contribution in [0.15, 0.2) is 36.4 Å². The van der Waals surface area contributed by atoms with Crippen molar-refractivity contribution in [1.82, 2.24) is 15.4 Å². The van der Waals surface area contributed by atoms with Gasteiger partial charge in [0.25, 0.3) is 0 Å². The van der Waals surface area contributed by atoms with Gasteiger partial charge in [0.1, 0.15) is 11.2 Å². The Labute approximate surface area is 124 Å². The van der Waals surface area contributed by atoms with Crippen LogP contribution in [0, 0.1) is 13.8 Å². The zero-order valence-corrected chi connectivity index (χ0v) is 11.9. The second kappa shape index (κ2) is 5.05. The summed E-state index contributed by atoms with van der Waals surface area (Å²) in [6.45, 7) is 3.85. The van der Waals surface area contributed by atoms with E-state index in [4.69, 9.17) is 0 Å². The van der Waals surface area contributed by atoms with Crippen molar-refractivity contribution in [2.24, 2.45) is 0 Å². The smallest absolute Gasteiger partial charge is 0.166 e. The summed E-state index contributed by atoms with van der Waals surface area (Å²) in [5, 5.41) is 11.4. The van der Waals surface area contributed by atoms with Gasteiger partial charge in [-0.1, -0.05) is 29.3 Å². The zero-order valence-electron chi connectivity index (χ0n) is 11.9. The fraction of sp³-hybridized carbons (Fsp3) is 0.188. The average Bonchev–Trinajstić information content (AvgIpc) is 2.44. The second-order valence-electron chi connectivity index (χ2n) is 5.21. The van der Waals surface area contributed by atoms with E-state index in [1.165, 1.54) is 6.07 Å². The van der Waals surface area contributed by atoms with Crippen LogP contribution in [-0.4, -0.2) is 15.4 Å². The summed E-state index contributed by atoms with van der Waals surface area (Å²) >= 11 is 0. The molecule has 0 spiro atoms. The van der Waals surface area contributed by atoms with E-state index in [-0.39, 0.29) is 5.52 Å². The lowest BCUT2D eigenvalue weighted by molar-refractivity contribution is -0.136. The van der Waals surface area contributed by atoms with E-state index in [0.717, 1.165) is 22.8 Å². The van der Waals surface area contributed by atoms with Crippen LogP contribution < -0.4 is 0 Å². The van der Waals surface area contributed by atoms with Gasteiger partial charge in [-0.05, 0) is 37.3 Å². The van der Waals surface area contributed by atoms with Gasteiger partial charge in [0.05, 0.1) is 5.56 Å². The Hall–Kier alpha value is -2.50. The van der Waals surface area contributed by atoms with Crippen molar-refractivity contribution < 1.29 is 13.2 Å². The Kier molecular flexibility index (Phi) is 3.31. The minimum absolute atomic E-state index is 0.181. The Bertz CT molecular complexity index is 837. The minimum atomic E-state index is -4.48. The molecule has 3 nitrogen and oxygen atoms in total. The van der Waals surface area contributed by atoms with Crippen molar-refractivity contribution in [3.05, 3.63) is 53.1 Å². The van der Waals surface area contributed by atoms with Crippen LogP contribution in [0.3, 0.4) is 0 Å². The molecule has 1 heterocycles. The Morgan fingerprint density at radius 1 is 0.909 bits per heavy atom. The normalized spacial score (nSPS) is 11.9. The quantitative estimate of drug-likeness (QED) is 0.671. The van der Waals surface area contributed by atoms with Gasteiger partial charge >= 0.3 is 6.18 Å². The molecule has 1 aromatic heterocycles. The Morgan fingerprint density at radius 3 is 2.23 bits per heavy atom. The molecule has 6 heteroatoms. The maximum atomic E-state index is 13.1. The predicted octanol–water partition coefficient (Wildman–Crippen LogP) is 4.33. The number of fused-ring (bicyclic) bond motifs is 1. The van der Waals surface area contributed by atoms with Crippen LogP contribution in [0.1, 0.15) is 16.7 Å². The third-order valence-electron chi connectivity index (χ3n) is 3.38. The third kappa shape index (κ3) is 2.52. The number of aryl methyl sites for hydroxylation is 2. The number of rotatable bonds is 1. The number of hydrogen-bond donors (Lipinski definition) is 0. The topological polar surface area (TPSA) is 38.7 Å². The molecule has 0 unspecified atom stereocenters. The Morgan fingerprint density at radius 2 is 1.59 bits per heavy atom. The molecule has 22 heavy (non-hydrogen) atoms. The van der Waals surface area contributed by atoms with E-state index in [9.17, 15) is 13.2 Å². The number of benzene rings is 2. The number of alkyl halides is 3. The molecule has 0 aliphatic heterocycles. The molecule has 2 aromatic carbocycles. The van der Waals surface area contributed by atoms with Gasteiger partial charge < -0.3 is 0 Å². The van der Waals surface area contributed by atoms with E-state index in [2.05, 4.69) is 15.4 Å². The number of aromatic nitrogens is 3. The Balaban J connectivity index is 2.32. The van der Waals surface area contributed by atoms with Gasteiger partial charge in [0, 0.05) is 10.9 Å². The minimum Gasteiger partial charge on any atom is -0.166 e. The van der Waals surface area contributed by atoms with E-state index >= 15 is 0 Å². The SMILES string of the molecule is Cc1cc(C)cc(-c2nnnc3c(C(F)(F)F)cccc23)c1. The van der Waals surface area contributed by atoms with Crippen LogP contribution in [0.2, 0.25) is 0 Å². The summed E-state index contributed by atoms with van der Waals surface area (Å²) in [6.07, 6.45) is -4.48. The lowest BCUT2D eigenvalue weighted by Gasteiger charge is -2.11. The molecule has 112 valence electrons. The first-order valence-electron chi connectivity index (χ1n) is 6.64. The van der Waals surface area contributed by atoms with Crippen LogP contribution in [0.4, 0.5) is 13.2 Å². The highest BCUT2D eigenvalue weighted by atomic mass is 19.4. The number of nitrogens with zero attached hydrogens (tertiary/aromatic N) is 3. The molecule has 0 amide bonds. The first-order valence-corrected chi connectivity index (χ1v) is 6.64. The van der Waals surface area contributed by atoms with Crippen molar-refractivity contribution in [3.8, 4) is 11.3 Å². The standard InChI is InChI=1S/C16H12F3N3/c1-9-6-10(2)8-11(7-9)14-12-4-3-5-13(16(17,18)19)15(12)21-22-20-14/h3-8H,1-2H3. The van der Waals surface area contributed by atoms with E-state index in [0.29, 0.717) is 11.1 Å². The molecule has 0 N–H and O–H groups in total. The van der Waals surface area contributed by atoms with Gasteiger partial charge in [-0.2, -0.15) is 13.2 Å². The molecule has 0 saturated carbocycles. The number of halogens is 3. The first-order chi connectivity index (χ1) is 10.4. The lowest BCUT2D eigenvalue weighted by atomic mass is 10.0. The monoisotopic (exact) mass is 303 g/mol. The van der Waals surface area contributed by atoms with Crippen LogP contribution >= 0.6 is 0 Å². The molecule has 0 saturated heterocycles. The van der Waals surface area contributed by atoms with Gasteiger partial charge in [0.15, 0.2) is 0 Å². The van der Waals surface area contributed by atoms with Gasteiger partial charge in [-0.15, -0.1) is 10.2 Å². The highest BCUT2D eigenvalue weighted by Gasteiger charge is 2.33. The molecule has 0 bridgehead atoms. The highest BCUT2D eigenvalue weighted by Crippen LogP contribution is 2.36. The van der Waals surface area contributed by atoms with Crippen molar-refractivity contribution in [2.45, 2.75) is 20.0 Å². The molecule has 0 atom stereocenters. The average molecular weight is 303 g/mol. The maximum Gasteiger partial charge on any atom is 0.418 e. The van der Waals surface area contributed by atoms with Crippen molar-refractivity contribution >= 4 is 10.9 Å². The van der Waals surface area contributed by atoms with E-state index in [1.54, 1.807) is 6.07 Å². The van der Waals surface area contributed by atoms with Crippen molar-refractivity contribution in [3.63, 3.8) is 0 Å². The summed E-state index contributed by atoms with van der Waals surface area (Å²) in [5.41, 5.74) is 2.17. The van der Waals surface area contributed by atoms with E-state index < -0.39 is 11.7 Å². The lowest BCUT2D eigenvalue weighted by Crippen LogP contribution is -2.08. The zero-order chi connectivity index (χ0) is 15.9. The summed E-state index contributed by atoms with van der Waals surface area (Å²) < 4.78 is 39.3. The van der Waals surface area contributed by atoms with E-state index in [1.807, 2.05) is 32.0 Å². The largest absolute Gasteiger partial charge is 0.418 e. The molecular formula is C16H12F3N3. The van der Waals surface area contributed by atoms with Gasteiger partial charge in [0.2, 0.25) is 0 Å². The van der Waals surface area contributed by atoms with Crippen LogP contribution in [0.25, 0.3) is 22.2 Å². The molecule has 0 fully saturated rings. The second-order valence-corrected chi connectivity index (χ2v) is 5.21. The predicted molar refractivity (Wildman–Crippen MR) is 77.2 cm³/mol. The fourth-order valence-electron chi connectivity index (χ4n) is 2.56. The maximum absolute atomic E-state index is 13.1. The highest BCUT2D eigenvalue weighted by molar-refractivity contribution is 5.93. The van der Waals surface area contributed by atoms with Crippen LogP contribution in [-0.2, 0) is 6.18 Å². The van der Waals surface area contributed by atoms with Crippen molar-refractivity contribution in [2.75, 3.05) is 0 Å². The summed E-state index contributed by atoms with van der Waals surface area (Å²) in [5.74, 6) is 0. The molecular weight excluding hydrogens is 291 g/mol. The molecule has 0 aliphatic carbocycles. The van der Waals surface area contributed by atoms with Crippen LogP contribution in [0.5, 0.6) is 0 Å². The van der Waals surface area contributed by atoms with Crippen molar-refractivity contribution in [1.29, 1.82) is 0 Å². The molecule has 3 rings (SSSR count). The fourth-order valence-corrected chi connectivity index (χ4v) is 2.56. The third-order valence-corrected chi connectivity index (χ3v) is 3.38. The van der Waals surface area contributed by atoms with Gasteiger partial charge in [-0.3, -0.25) is 0 Å². The summed E-state index contributed by atoms with van der Waals surface area (Å²) in [4.78, 5) is 0. The van der Waals surface area contributed by atoms with Gasteiger partial charge in [-0.25, -0.2) is 0 Å². The molecule has 3 aromatic rings. The molecule has 0 radical (unpaired) electrons. The molecule has 0 aliphatic rings. The first kappa shape index (κ1) is 14.4.